The molecule has 3 heterocycles. The van der Waals surface area contributed by atoms with Crippen molar-refractivity contribution >= 4 is 48.4 Å². The van der Waals surface area contributed by atoms with Crippen molar-refractivity contribution in [3.05, 3.63) is 32.6 Å². The number of hydrogen-bond donors (Lipinski definition) is 3. The molecular formula is C18H32N2O6PS3Si+. The number of aryl methyl sites for hydroxylation is 1. The van der Waals surface area contributed by atoms with Crippen LogP contribution < -0.4 is 11.2 Å². The van der Waals surface area contributed by atoms with Crippen LogP contribution in [0.4, 0.5) is 0 Å². The van der Waals surface area contributed by atoms with E-state index in [1.54, 1.807) is 29.7 Å². The lowest BCUT2D eigenvalue weighted by atomic mass is 10.1. The number of thiol groups is 1. The highest BCUT2D eigenvalue weighted by atomic mass is 33.4. The molecule has 0 bridgehead atoms. The zero-order chi connectivity index (χ0) is 23.2. The van der Waals surface area contributed by atoms with E-state index >= 15 is 0 Å². The monoisotopic (exact) mass is 527 g/mol. The molecule has 176 valence electrons. The van der Waals surface area contributed by atoms with Gasteiger partial charge in [0.05, 0.1) is 35.0 Å². The van der Waals surface area contributed by atoms with E-state index in [1.165, 1.54) is 10.8 Å². The molecule has 2 fully saturated rings. The summed E-state index contributed by atoms with van der Waals surface area (Å²) in [6, 6.07) is 0. The summed E-state index contributed by atoms with van der Waals surface area (Å²) in [5.74, 6) is 1.99. The van der Waals surface area contributed by atoms with Crippen LogP contribution in [0.3, 0.4) is 0 Å². The highest BCUT2D eigenvalue weighted by Crippen LogP contribution is 2.87. The van der Waals surface area contributed by atoms with Crippen molar-refractivity contribution in [1.82, 2.24) is 9.55 Å². The minimum atomic E-state index is -2.26. The molecule has 31 heavy (non-hydrogen) atoms. The highest BCUT2D eigenvalue weighted by molar-refractivity contribution is 9.15. The molecule has 2 aliphatic rings. The Balaban J connectivity index is 1.89. The van der Waals surface area contributed by atoms with Crippen molar-refractivity contribution < 1.29 is 18.8 Å². The van der Waals surface area contributed by atoms with Crippen LogP contribution in [0, 0.1) is 6.92 Å². The molecule has 0 amide bonds. The Morgan fingerprint density at radius 1 is 1.35 bits per heavy atom. The van der Waals surface area contributed by atoms with E-state index in [0.29, 0.717) is 5.56 Å². The molecule has 4 atom stereocenters. The number of nitrogens with one attached hydrogen (secondary N) is 1. The molecule has 1 aromatic heterocycles. The fraction of sp³-hybridized carbons (Fsp3) is 0.778. The van der Waals surface area contributed by atoms with E-state index < -0.39 is 49.2 Å². The van der Waals surface area contributed by atoms with Gasteiger partial charge in [0.1, 0.15) is 24.9 Å². The van der Waals surface area contributed by atoms with Gasteiger partial charge in [-0.3, -0.25) is 14.3 Å². The molecule has 3 rings (SSSR count). The fourth-order valence-electron chi connectivity index (χ4n) is 3.11. The number of aliphatic hydroxyl groups excluding tert-OH is 1. The first kappa shape index (κ1) is 25.8. The molecule has 0 saturated carbocycles. The van der Waals surface area contributed by atoms with E-state index in [2.05, 4.69) is 38.8 Å². The zero-order valence-electron chi connectivity index (χ0n) is 18.7. The zero-order valence-corrected chi connectivity index (χ0v) is 23.1. The first-order chi connectivity index (χ1) is 14.2. The first-order valence-electron chi connectivity index (χ1n) is 10.1. The Bertz CT molecular complexity index is 915. The van der Waals surface area contributed by atoms with Gasteiger partial charge in [0, 0.05) is 23.3 Å². The van der Waals surface area contributed by atoms with Gasteiger partial charge >= 0.3 is 10.8 Å². The summed E-state index contributed by atoms with van der Waals surface area (Å²) in [6.45, 7) is 12.4. The molecular weight excluding hydrogens is 495 g/mol. The second kappa shape index (κ2) is 9.46. The Hall–Kier alpha value is 0.217. The lowest BCUT2D eigenvalue weighted by Gasteiger charge is -2.39. The highest BCUT2D eigenvalue weighted by Gasteiger charge is 2.53. The molecule has 0 radical (unpaired) electrons. The number of aromatic amines is 1. The van der Waals surface area contributed by atoms with Gasteiger partial charge in [-0.05, 0) is 25.1 Å². The SMILES string of the molecule is Cc1cn([C@@H]2O[C@H](CO[P+]3(S)SCCS3)[C@@H](O[Si](C)(C)C(C)(C)C)[C@H]2O)c(=O)[nH]c1=O. The maximum Gasteiger partial charge on any atom is 0.330 e. The molecule has 1 aromatic rings. The summed E-state index contributed by atoms with van der Waals surface area (Å²) < 4.78 is 20.1. The van der Waals surface area contributed by atoms with Gasteiger partial charge in [-0.15, -0.1) is 0 Å². The van der Waals surface area contributed by atoms with E-state index in [0.717, 1.165) is 11.5 Å². The van der Waals surface area contributed by atoms with Crippen molar-refractivity contribution in [1.29, 1.82) is 0 Å². The number of ether oxygens (including phenoxy) is 1. The smallest absolute Gasteiger partial charge is 0.330 e. The average molecular weight is 528 g/mol. The summed E-state index contributed by atoms with van der Waals surface area (Å²) in [4.78, 5) is 26.5. The quantitative estimate of drug-likeness (QED) is 0.293. The minimum absolute atomic E-state index is 0.0729. The number of hydrogen-bond acceptors (Lipinski definition) is 9. The maximum absolute atomic E-state index is 12.4. The van der Waals surface area contributed by atoms with Crippen molar-refractivity contribution in [2.75, 3.05) is 18.1 Å². The van der Waals surface area contributed by atoms with Crippen molar-refractivity contribution in [2.24, 2.45) is 0 Å². The van der Waals surface area contributed by atoms with E-state index in [9.17, 15) is 14.7 Å². The predicted molar refractivity (Wildman–Crippen MR) is 135 cm³/mol. The van der Waals surface area contributed by atoms with E-state index in [4.69, 9.17) is 25.9 Å². The van der Waals surface area contributed by atoms with Gasteiger partial charge in [0.2, 0.25) is 0 Å². The number of aromatic nitrogens is 2. The van der Waals surface area contributed by atoms with Crippen LogP contribution in [-0.4, -0.2) is 59.4 Å². The largest absolute Gasteiger partial charge is 0.408 e. The molecule has 0 unspecified atom stereocenters. The van der Waals surface area contributed by atoms with Crippen molar-refractivity contribution in [2.45, 2.75) is 70.4 Å². The van der Waals surface area contributed by atoms with Crippen LogP contribution in [0.1, 0.15) is 32.6 Å². The van der Waals surface area contributed by atoms with Gasteiger partial charge in [-0.2, -0.15) is 4.52 Å². The van der Waals surface area contributed by atoms with Crippen LogP contribution in [0.2, 0.25) is 18.1 Å². The second-order valence-corrected chi connectivity index (χ2v) is 25.2. The van der Waals surface area contributed by atoms with Crippen LogP contribution in [0.25, 0.3) is 0 Å². The normalized spacial score (nSPS) is 28.9. The summed E-state index contributed by atoms with van der Waals surface area (Å²) in [7, 11) is -2.26. The topological polar surface area (TPSA) is 103 Å². The number of nitrogens with zero attached hydrogens (tertiary/aromatic N) is 1. The van der Waals surface area contributed by atoms with Gasteiger partial charge in [0.15, 0.2) is 14.5 Å². The molecule has 0 aromatic carbocycles. The number of aliphatic hydroxyl groups is 1. The van der Waals surface area contributed by atoms with E-state index in [-0.39, 0.29) is 11.6 Å². The maximum atomic E-state index is 12.4. The Morgan fingerprint density at radius 2 is 1.97 bits per heavy atom. The Kier molecular flexibility index (Phi) is 7.88. The molecule has 0 aliphatic carbocycles. The molecule has 13 heteroatoms. The molecule has 2 N–H and O–H groups in total. The fourth-order valence-corrected chi connectivity index (χ4v) is 13.5. The summed E-state index contributed by atoms with van der Waals surface area (Å²) in [5.41, 5.74) is -0.733. The molecule has 0 spiro atoms. The number of H-pyrrole nitrogens is 1. The van der Waals surface area contributed by atoms with E-state index in [1.807, 2.05) is 0 Å². The molecule has 2 aliphatic heterocycles. The van der Waals surface area contributed by atoms with Crippen molar-refractivity contribution in [3.8, 4) is 0 Å². The van der Waals surface area contributed by atoms with Gasteiger partial charge in [-0.1, -0.05) is 20.8 Å². The van der Waals surface area contributed by atoms with Crippen molar-refractivity contribution in [3.63, 3.8) is 0 Å². The second-order valence-electron chi connectivity index (χ2n) is 9.31. The lowest BCUT2D eigenvalue weighted by Crippen LogP contribution is -2.50. The van der Waals surface area contributed by atoms with Crippen LogP contribution in [-0.2, 0) is 13.7 Å². The summed E-state index contributed by atoms with van der Waals surface area (Å²) >= 11 is 8.18. The van der Waals surface area contributed by atoms with Crippen LogP contribution in [0.15, 0.2) is 15.8 Å². The third-order valence-electron chi connectivity index (χ3n) is 5.96. The van der Waals surface area contributed by atoms with Crippen LogP contribution >= 0.6 is 40.1 Å². The van der Waals surface area contributed by atoms with Gasteiger partial charge < -0.3 is 14.3 Å². The summed E-state index contributed by atoms with van der Waals surface area (Å²) in [5, 5.41) is 9.20. The average Bonchev–Trinajstić information content (AvgIpc) is 3.21. The Labute approximate surface area is 197 Å². The number of rotatable bonds is 6. The predicted octanol–water partition coefficient (Wildman–Crippen LogP) is 3.60. The van der Waals surface area contributed by atoms with Crippen LogP contribution in [0.5, 0.6) is 0 Å². The molecule has 2 saturated heterocycles. The minimum Gasteiger partial charge on any atom is -0.408 e. The summed E-state index contributed by atoms with van der Waals surface area (Å²) in [6.07, 6.45) is -1.90. The third-order valence-corrected chi connectivity index (χ3v) is 20.6. The standard InChI is InChI=1S/C18H31N2O6PS3Si/c1-11-9-20(17(23)19-15(11)22)16-13(21)14(26-31(5,6)18(2,3)4)12(25-16)10-24-27(28)29-7-8-30-27/h9,12-14,16,21,28H,7-8,10H2,1-6H3/p+1/t12-,13-,14-,16-/m1/s1. The van der Waals surface area contributed by atoms with Gasteiger partial charge in [0.25, 0.3) is 5.56 Å². The van der Waals surface area contributed by atoms with Gasteiger partial charge in [-0.25, -0.2) is 4.79 Å². The Morgan fingerprint density at radius 3 is 2.55 bits per heavy atom. The first-order valence-corrected chi connectivity index (χ1v) is 19.1. The third kappa shape index (κ3) is 5.66. The lowest BCUT2D eigenvalue weighted by molar-refractivity contribution is -0.0500. The molecule has 8 nitrogen and oxygen atoms in total.